The minimum absolute atomic E-state index is 0.0911. The molecule has 34 heavy (non-hydrogen) atoms. The maximum atomic E-state index is 12.8. The number of alkyl halides is 3. The topological polar surface area (TPSA) is 135 Å². The molecule has 0 saturated carbocycles. The van der Waals surface area contributed by atoms with Crippen LogP contribution in [0.3, 0.4) is 0 Å². The number of nitrogens with one attached hydrogen (secondary N) is 1. The molecule has 0 fully saturated rings. The first kappa shape index (κ1) is 23.0. The highest BCUT2D eigenvalue weighted by Crippen LogP contribution is 2.31. The Morgan fingerprint density at radius 3 is 2.38 bits per heavy atom. The molecule has 0 radical (unpaired) electrons. The summed E-state index contributed by atoms with van der Waals surface area (Å²) < 4.78 is 38.3. The van der Waals surface area contributed by atoms with Crippen LogP contribution in [0.1, 0.15) is 22.4 Å². The molecule has 0 saturated heterocycles. The minimum Gasteiger partial charge on any atom is -0.306 e. The van der Waals surface area contributed by atoms with E-state index in [4.69, 9.17) is 0 Å². The van der Waals surface area contributed by atoms with Gasteiger partial charge in [0, 0.05) is 43.2 Å². The molecule has 1 aliphatic rings. The molecule has 0 atom stereocenters. The third kappa shape index (κ3) is 4.64. The lowest BCUT2D eigenvalue weighted by molar-refractivity contribution is -0.394. The van der Waals surface area contributed by atoms with E-state index in [1.807, 2.05) is 0 Å². The standard InChI is InChI=1S/C21H16F3N5O5/c22-21(23,24)14-4-1-12(2-5-14)19-25-17-7-8-27(11-16(17)20(30)26-19)10-13-3-6-15(28(31)32)9-18(13)29(33)34/h1-6,9H,7-8,10-11H2,(H,25,26,30). The molecular weight excluding hydrogens is 459 g/mol. The lowest BCUT2D eigenvalue weighted by Gasteiger charge is -2.27. The number of non-ortho nitro benzene ring substituents is 1. The van der Waals surface area contributed by atoms with E-state index in [0.29, 0.717) is 29.8 Å². The van der Waals surface area contributed by atoms with Crippen molar-refractivity contribution in [2.45, 2.75) is 25.7 Å². The first-order valence-corrected chi connectivity index (χ1v) is 9.96. The number of aromatic nitrogens is 2. The molecular formula is C21H16F3N5O5. The molecule has 0 aliphatic carbocycles. The van der Waals surface area contributed by atoms with E-state index in [9.17, 15) is 38.2 Å². The van der Waals surface area contributed by atoms with Gasteiger partial charge < -0.3 is 4.98 Å². The Morgan fingerprint density at radius 1 is 1.06 bits per heavy atom. The fourth-order valence-electron chi connectivity index (χ4n) is 3.78. The summed E-state index contributed by atoms with van der Waals surface area (Å²) in [5, 5.41) is 22.3. The molecule has 13 heteroatoms. The Balaban J connectivity index is 1.57. The third-order valence-electron chi connectivity index (χ3n) is 5.50. The van der Waals surface area contributed by atoms with Gasteiger partial charge in [0.1, 0.15) is 5.82 Å². The Morgan fingerprint density at radius 2 is 1.76 bits per heavy atom. The summed E-state index contributed by atoms with van der Waals surface area (Å²) >= 11 is 0. The summed E-state index contributed by atoms with van der Waals surface area (Å²) in [4.78, 5) is 42.4. The number of aromatic amines is 1. The minimum atomic E-state index is -4.47. The highest BCUT2D eigenvalue weighted by molar-refractivity contribution is 5.56. The van der Waals surface area contributed by atoms with Gasteiger partial charge in [0.25, 0.3) is 16.9 Å². The fourth-order valence-corrected chi connectivity index (χ4v) is 3.78. The van der Waals surface area contributed by atoms with Crippen molar-refractivity contribution >= 4 is 11.4 Å². The summed E-state index contributed by atoms with van der Waals surface area (Å²) in [5.74, 6) is 0.150. The van der Waals surface area contributed by atoms with Crippen molar-refractivity contribution in [2.75, 3.05) is 6.54 Å². The smallest absolute Gasteiger partial charge is 0.306 e. The molecule has 0 bridgehead atoms. The van der Waals surface area contributed by atoms with Crippen molar-refractivity contribution in [1.29, 1.82) is 0 Å². The Labute approximate surface area is 189 Å². The number of nitro benzene ring substituents is 2. The van der Waals surface area contributed by atoms with Crippen LogP contribution >= 0.6 is 0 Å². The molecule has 0 spiro atoms. The molecule has 4 rings (SSSR count). The van der Waals surface area contributed by atoms with Crippen LogP contribution in [0.2, 0.25) is 0 Å². The number of benzene rings is 2. The lowest BCUT2D eigenvalue weighted by Crippen LogP contribution is -2.35. The van der Waals surface area contributed by atoms with Crippen molar-refractivity contribution in [3.05, 3.63) is 95.4 Å². The number of rotatable bonds is 5. The van der Waals surface area contributed by atoms with Gasteiger partial charge in [0.15, 0.2) is 0 Å². The van der Waals surface area contributed by atoms with E-state index in [2.05, 4.69) is 9.97 Å². The molecule has 2 heterocycles. The zero-order valence-corrected chi connectivity index (χ0v) is 17.3. The maximum absolute atomic E-state index is 12.8. The summed E-state index contributed by atoms with van der Waals surface area (Å²) in [6.07, 6.45) is -4.13. The summed E-state index contributed by atoms with van der Waals surface area (Å²) in [6.45, 7) is 0.636. The Kier molecular flexibility index (Phi) is 5.87. The molecule has 2 aromatic carbocycles. The van der Waals surface area contributed by atoms with E-state index in [1.165, 1.54) is 24.3 Å². The van der Waals surface area contributed by atoms with Gasteiger partial charge >= 0.3 is 6.18 Å². The van der Waals surface area contributed by atoms with Gasteiger partial charge in [-0.25, -0.2) is 4.98 Å². The van der Waals surface area contributed by atoms with Gasteiger partial charge in [-0.1, -0.05) is 12.1 Å². The predicted octanol–water partition coefficient (Wildman–Crippen LogP) is 3.83. The van der Waals surface area contributed by atoms with Crippen LogP contribution in [0.25, 0.3) is 11.4 Å². The number of halogens is 3. The van der Waals surface area contributed by atoms with Gasteiger partial charge in [-0.2, -0.15) is 13.2 Å². The number of H-pyrrole nitrogens is 1. The molecule has 1 aliphatic heterocycles. The van der Waals surface area contributed by atoms with E-state index in [-0.39, 0.29) is 30.2 Å². The number of hydrogen-bond donors (Lipinski definition) is 1. The highest BCUT2D eigenvalue weighted by Gasteiger charge is 2.30. The average Bonchev–Trinajstić information content (AvgIpc) is 2.79. The van der Waals surface area contributed by atoms with Crippen LogP contribution in [0, 0.1) is 20.2 Å². The summed E-state index contributed by atoms with van der Waals surface area (Å²) in [5.41, 5.74) is -0.600. The average molecular weight is 475 g/mol. The number of nitrogens with zero attached hydrogens (tertiary/aromatic N) is 4. The predicted molar refractivity (Wildman–Crippen MR) is 113 cm³/mol. The van der Waals surface area contributed by atoms with Gasteiger partial charge in [-0.3, -0.25) is 29.9 Å². The highest BCUT2D eigenvalue weighted by atomic mass is 19.4. The second kappa shape index (κ2) is 8.67. The number of hydrogen-bond acceptors (Lipinski definition) is 7. The van der Waals surface area contributed by atoms with Gasteiger partial charge in [0.2, 0.25) is 0 Å². The zero-order valence-electron chi connectivity index (χ0n) is 17.3. The second-order valence-electron chi connectivity index (χ2n) is 7.70. The molecule has 10 nitrogen and oxygen atoms in total. The molecule has 1 N–H and O–H groups in total. The SMILES string of the molecule is O=c1[nH]c(-c2ccc(C(F)(F)F)cc2)nc2c1CN(Cc1ccc([N+](=O)[O-])cc1[N+](=O)[O-])CC2. The number of fused-ring (bicyclic) bond motifs is 1. The first-order chi connectivity index (χ1) is 16.0. The van der Waals surface area contributed by atoms with Crippen LogP contribution in [0.5, 0.6) is 0 Å². The van der Waals surface area contributed by atoms with E-state index < -0.39 is 32.8 Å². The van der Waals surface area contributed by atoms with Crippen LogP contribution in [0.4, 0.5) is 24.5 Å². The quantitative estimate of drug-likeness (QED) is 0.438. The van der Waals surface area contributed by atoms with Crippen LogP contribution in [-0.4, -0.2) is 31.3 Å². The molecule has 0 amide bonds. The fraction of sp³-hybridized carbons (Fsp3) is 0.238. The van der Waals surface area contributed by atoms with E-state index in [0.717, 1.165) is 18.2 Å². The summed E-state index contributed by atoms with van der Waals surface area (Å²) in [6, 6.07) is 7.69. The Hall–Kier alpha value is -4.13. The lowest BCUT2D eigenvalue weighted by atomic mass is 10.0. The van der Waals surface area contributed by atoms with Crippen LogP contribution < -0.4 is 5.56 Å². The van der Waals surface area contributed by atoms with Crippen molar-refractivity contribution in [3.8, 4) is 11.4 Å². The zero-order chi connectivity index (χ0) is 24.6. The van der Waals surface area contributed by atoms with Crippen molar-refractivity contribution in [2.24, 2.45) is 0 Å². The van der Waals surface area contributed by atoms with Crippen LogP contribution in [-0.2, 0) is 25.7 Å². The first-order valence-electron chi connectivity index (χ1n) is 9.96. The second-order valence-corrected chi connectivity index (χ2v) is 7.70. The molecule has 3 aromatic rings. The Bertz CT molecular complexity index is 1340. The molecule has 1 aromatic heterocycles. The molecule has 0 unspecified atom stereocenters. The van der Waals surface area contributed by atoms with Crippen LogP contribution in [0.15, 0.2) is 47.3 Å². The van der Waals surface area contributed by atoms with Crippen molar-refractivity contribution in [1.82, 2.24) is 14.9 Å². The van der Waals surface area contributed by atoms with Gasteiger partial charge in [-0.15, -0.1) is 0 Å². The van der Waals surface area contributed by atoms with E-state index in [1.54, 1.807) is 4.90 Å². The van der Waals surface area contributed by atoms with Gasteiger partial charge in [-0.05, 0) is 18.2 Å². The third-order valence-corrected chi connectivity index (χ3v) is 5.50. The molecule has 176 valence electrons. The van der Waals surface area contributed by atoms with Gasteiger partial charge in [0.05, 0.1) is 32.7 Å². The normalized spacial score (nSPS) is 14.0. The largest absolute Gasteiger partial charge is 0.416 e. The van der Waals surface area contributed by atoms with Crippen molar-refractivity contribution < 1.29 is 23.0 Å². The monoisotopic (exact) mass is 475 g/mol. The van der Waals surface area contributed by atoms with Crippen molar-refractivity contribution in [3.63, 3.8) is 0 Å². The number of nitro groups is 2. The van der Waals surface area contributed by atoms with E-state index >= 15 is 0 Å². The summed E-state index contributed by atoms with van der Waals surface area (Å²) in [7, 11) is 0. The maximum Gasteiger partial charge on any atom is 0.416 e.